The molecule has 2 heterocycles. The molecular weight excluding hydrogens is 312 g/mol. The third-order valence-electron chi connectivity index (χ3n) is 3.42. The van der Waals surface area contributed by atoms with Gasteiger partial charge >= 0.3 is 11.9 Å². The maximum absolute atomic E-state index is 12.3. The Kier molecular flexibility index (Phi) is 5.22. The molecule has 0 amide bonds. The molecule has 0 aliphatic rings. The lowest BCUT2D eigenvalue weighted by Crippen LogP contribution is -2.62. The van der Waals surface area contributed by atoms with E-state index in [9.17, 15) is 14.7 Å². The first-order valence-electron chi connectivity index (χ1n) is 7.23. The minimum atomic E-state index is -2.07. The smallest absolute Gasteiger partial charge is 0.349 e. The molecule has 5 N–H and O–H groups in total. The van der Waals surface area contributed by atoms with Gasteiger partial charge in [0.25, 0.3) is 0 Å². The van der Waals surface area contributed by atoms with Crippen molar-refractivity contribution < 1.29 is 19.4 Å². The lowest BCUT2D eigenvalue weighted by atomic mass is 9.82. The molecule has 0 aliphatic carbocycles. The number of carbonyl (C=O) groups excluding carboxylic acids is 2. The van der Waals surface area contributed by atoms with E-state index in [1.54, 1.807) is 25.3 Å². The number of hydrogen-bond donors (Lipinski definition) is 3. The van der Waals surface area contributed by atoms with Crippen LogP contribution in [0.4, 0.5) is 0 Å². The molecule has 24 heavy (non-hydrogen) atoms. The van der Waals surface area contributed by atoms with Crippen LogP contribution in [0.5, 0.6) is 5.75 Å². The molecule has 2 rings (SSSR count). The van der Waals surface area contributed by atoms with E-state index in [1.165, 1.54) is 24.7 Å². The molecular formula is C16H18N4O4. The molecule has 0 spiro atoms. The zero-order chi connectivity index (χ0) is 17.7. The number of pyridine rings is 2. The van der Waals surface area contributed by atoms with Gasteiger partial charge in [-0.15, -0.1) is 0 Å². The summed E-state index contributed by atoms with van der Waals surface area (Å²) in [6.45, 7) is 1.54. The molecule has 0 radical (unpaired) electrons. The first-order valence-corrected chi connectivity index (χ1v) is 7.23. The molecule has 0 fully saturated rings. The van der Waals surface area contributed by atoms with E-state index in [4.69, 9.17) is 11.5 Å². The quantitative estimate of drug-likeness (QED) is 0.406. The number of aromatic nitrogens is 2. The molecule has 8 heteroatoms. The third kappa shape index (κ3) is 3.73. The Morgan fingerprint density at radius 3 is 2.54 bits per heavy atom. The predicted octanol–water partition coefficient (Wildman–Crippen LogP) is 0.408. The highest BCUT2D eigenvalue weighted by Gasteiger charge is 2.43. The fourth-order valence-corrected chi connectivity index (χ4v) is 2.28. The van der Waals surface area contributed by atoms with Crippen LogP contribution in [0.15, 0.2) is 43.0 Å². The summed E-state index contributed by atoms with van der Waals surface area (Å²) < 4.78 is 4.69. The van der Waals surface area contributed by atoms with Crippen molar-refractivity contribution in [1.29, 1.82) is 0 Å². The highest BCUT2D eigenvalue weighted by atomic mass is 16.6. The number of esters is 2. The molecule has 8 nitrogen and oxygen atoms in total. The number of rotatable bonds is 5. The minimum Gasteiger partial charge on any atom is -0.506 e. The summed E-state index contributed by atoms with van der Waals surface area (Å²) in [5.74, 6) is -2.86. The zero-order valence-corrected chi connectivity index (χ0v) is 13.0. The van der Waals surface area contributed by atoms with E-state index in [-0.39, 0.29) is 12.2 Å². The molecule has 0 aliphatic heterocycles. The molecule has 2 aromatic rings. The molecule has 0 saturated heterocycles. The number of hydrogen-bond acceptors (Lipinski definition) is 8. The maximum atomic E-state index is 12.3. The summed E-state index contributed by atoms with van der Waals surface area (Å²) >= 11 is 0. The van der Waals surface area contributed by atoms with Crippen LogP contribution in [0, 0.1) is 0 Å². The average molecular weight is 330 g/mol. The highest BCUT2D eigenvalue weighted by Crippen LogP contribution is 2.32. The second kappa shape index (κ2) is 7.16. The second-order valence-electron chi connectivity index (χ2n) is 5.24. The third-order valence-corrected chi connectivity index (χ3v) is 3.42. The average Bonchev–Trinajstić information content (AvgIpc) is 2.55. The number of aromatic hydroxyl groups is 1. The van der Waals surface area contributed by atoms with Gasteiger partial charge in [0, 0.05) is 25.0 Å². The van der Waals surface area contributed by atoms with Crippen molar-refractivity contribution in [2.24, 2.45) is 11.5 Å². The van der Waals surface area contributed by atoms with E-state index in [1.807, 2.05) is 0 Å². The van der Waals surface area contributed by atoms with E-state index in [0.29, 0.717) is 11.1 Å². The fourth-order valence-electron chi connectivity index (χ4n) is 2.28. The second-order valence-corrected chi connectivity index (χ2v) is 5.24. The van der Waals surface area contributed by atoms with Crippen LogP contribution < -0.4 is 11.5 Å². The fraction of sp³-hybridized carbons (Fsp3) is 0.250. The van der Waals surface area contributed by atoms with Crippen molar-refractivity contribution in [3.05, 3.63) is 54.1 Å². The normalized spacial score (nSPS) is 12.5. The Morgan fingerprint density at radius 2 is 1.96 bits per heavy atom. The predicted molar refractivity (Wildman–Crippen MR) is 84.5 cm³/mol. The van der Waals surface area contributed by atoms with Gasteiger partial charge < -0.3 is 21.3 Å². The Bertz CT molecular complexity index is 734. The van der Waals surface area contributed by atoms with Crippen LogP contribution >= 0.6 is 0 Å². The lowest BCUT2D eigenvalue weighted by molar-refractivity contribution is -0.163. The van der Waals surface area contributed by atoms with Crippen molar-refractivity contribution in [3.8, 4) is 5.75 Å². The summed E-state index contributed by atoms with van der Waals surface area (Å²) in [6, 6.07) is 4.70. The minimum absolute atomic E-state index is 0.00700. The first kappa shape index (κ1) is 17.5. The van der Waals surface area contributed by atoms with Crippen molar-refractivity contribution in [2.75, 3.05) is 0 Å². The molecule has 0 aromatic carbocycles. The summed E-state index contributed by atoms with van der Waals surface area (Å²) in [6.07, 6.45) is 5.69. The van der Waals surface area contributed by atoms with Crippen molar-refractivity contribution >= 4 is 11.9 Å². The first-order chi connectivity index (χ1) is 11.4. The summed E-state index contributed by atoms with van der Waals surface area (Å²) in [4.78, 5) is 31.6. The number of carbonyl (C=O) groups is 2. The molecule has 0 saturated carbocycles. The SMILES string of the molecule is CCC(=O)OC(=O)C(N)(N)C(c1cccnc1)c1cncc(O)c1. The Hall–Kier alpha value is -2.84. The van der Waals surface area contributed by atoms with Crippen LogP contribution in [-0.4, -0.2) is 32.7 Å². The van der Waals surface area contributed by atoms with Gasteiger partial charge in [0.05, 0.1) is 12.1 Å². The highest BCUT2D eigenvalue weighted by molar-refractivity contribution is 5.91. The van der Waals surface area contributed by atoms with Crippen molar-refractivity contribution in [2.45, 2.75) is 24.9 Å². The van der Waals surface area contributed by atoms with Crippen LogP contribution in [-0.2, 0) is 14.3 Å². The van der Waals surface area contributed by atoms with E-state index >= 15 is 0 Å². The maximum Gasteiger partial charge on any atom is 0.349 e. The molecule has 126 valence electrons. The number of ether oxygens (including phenoxy) is 1. The van der Waals surface area contributed by atoms with Crippen LogP contribution in [0.3, 0.4) is 0 Å². The standard InChI is InChI=1S/C16H18N4O4/c1-2-13(22)24-15(23)16(17,18)14(10-4-3-5-19-7-10)11-6-12(21)9-20-8-11/h3-9,14,21H,2,17-18H2,1H3. The molecule has 0 bridgehead atoms. The summed E-state index contributed by atoms with van der Waals surface area (Å²) in [7, 11) is 0. The van der Waals surface area contributed by atoms with Gasteiger partial charge in [-0.05, 0) is 23.3 Å². The Labute approximate surface area is 138 Å². The van der Waals surface area contributed by atoms with Gasteiger partial charge in [-0.3, -0.25) is 14.8 Å². The van der Waals surface area contributed by atoms with Gasteiger partial charge in [0.15, 0.2) is 5.66 Å². The van der Waals surface area contributed by atoms with Gasteiger partial charge in [-0.1, -0.05) is 13.0 Å². The van der Waals surface area contributed by atoms with E-state index in [0.717, 1.165) is 0 Å². The zero-order valence-electron chi connectivity index (χ0n) is 13.0. The van der Waals surface area contributed by atoms with Gasteiger partial charge in [-0.25, -0.2) is 4.79 Å². The monoisotopic (exact) mass is 330 g/mol. The summed E-state index contributed by atoms with van der Waals surface area (Å²) in [5.41, 5.74) is 10.9. The van der Waals surface area contributed by atoms with Gasteiger partial charge in [0.2, 0.25) is 0 Å². The van der Waals surface area contributed by atoms with Gasteiger partial charge in [-0.2, -0.15) is 0 Å². The molecule has 1 atom stereocenters. The molecule has 2 aromatic heterocycles. The van der Waals surface area contributed by atoms with Gasteiger partial charge in [0.1, 0.15) is 5.75 Å². The van der Waals surface area contributed by atoms with Crippen LogP contribution in [0.25, 0.3) is 0 Å². The lowest BCUT2D eigenvalue weighted by Gasteiger charge is -2.31. The van der Waals surface area contributed by atoms with E-state index in [2.05, 4.69) is 14.7 Å². The van der Waals surface area contributed by atoms with Crippen LogP contribution in [0.1, 0.15) is 30.4 Å². The van der Waals surface area contributed by atoms with Crippen LogP contribution in [0.2, 0.25) is 0 Å². The molecule has 1 unspecified atom stereocenters. The Balaban J connectivity index is 2.49. The van der Waals surface area contributed by atoms with Crippen molar-refractivity contribution in [3.63, 3.8) is 0 Å². The number of nitrogens with zero attached hydrogens (tertiary/aromatic N) is 2. The van der Waals surface area contributed by atoms with Crippen molar-refractivity contribution in [1.82, 2.24) is 9.97 Å². The van der Waals surface area contributed by atoms with E-state index < -0.39 is 23.5 Å². The topological polar surface area (TPSA) is 141 Å². The largest absolute Gasteiger partial charge is 0.506 e. The summed E-state index contributed by atoms with van der Waals surface area (Å²) in [5, 5.41) is 9.67. The Morgan fingerprint density at radius 1 is 1.25 bits per heavy atom. The number of nitrogens with two attached hydrogens (primary N) is 2.